The van der Waals surface area contributed by atoms with Crippen molar-refractivity contribution in [2.75, 3.05) is 5.32 Å². The molecule has 0 radical (unpaired) electrons. The van der Waals surface area contributed by atoms with Crippen LogP contribution in [0.25, 0.3) is 5.95 Å². The van der Waals surface area contributed by atoms with Crippen LogP contribution in [-0.2, 0) is 0 Å². The van der Waals surface area contributed by atoms with Crippen LogP contribution in [0.5, 0.6) is 0 Å². The highest BCUT2D eigenvalue weighted by atomic mass is 19.3. The number of nitrogens with one attached hydrogen (secondary N) is 1. The summed E-state index contributed by atoms with van der Waals surface area (Å²) in [4.78, 5) is 20.0. The molecule has 3 N–H and O–H groups in total. The lowest BCUT2D eigenvalue weighted by Crippen LogP contribution is -2.32. The standard InChI is InChI=1S/C16H20F2N6O/c1-9-8-24(23-13(9)14(19)25)15-20-10(2)7-12(22-15)21-11-3-5-16(17,18)6-4-11/h7-8,11H,3-6H2,1-2H3,(H2,19,25)(H,20,21,22). The zero-order valence-corrected chi connectivity index (χ0v) is 14.1. The molecule has 134 valence electrons. The first kappa shape index (κ1) is 17.2. The zero-order chi connectivity index (χ0) is 18.2. The van der Waals surface area contributed by atoms with E-state index in [0.29, 0.717) is 35.9 Å². The van der Waals surface area contributed by atoms with Gasteiger partial charge < -0.3 is 11.1 Å². The molecule has 2 aromatic rings. The van der Waals surface area contributed by atoms with Crippen molar-refractivity contribution in [1.29, 1.82) is 0 Å². The fraction of sp³-hybridized carbons (Fsp3) is 0.500. The number of nitrogens with zero attached hydrogens (tertiary/aromatic N) is 4. The molecule has 0 bridgehead atoms. The van der Waals surface area contributed by atoms with E-state index in [1.54, 1.807) is 26.1 Å². The van der Waals surface area contributed by atoms with Crippen LogP contribution in [0, 0.1) is 13.8 Å². The summed E-state index contributed by atoms with van der Waals surface area (Å²) in [6.45, 7) is 3.53. The van der Waals surface area contributed by atoms with E-state index >= 15 is 0 Å². The molecule has 2 heterocycles. The van der Waals surface area contributed by atoms with Crippen molar-refractivity contribution in [2.24, 2.45) is 5.73 Å². The van der Waals surface area contributed by atoms with Gasteiger partial charge >= 0.3 is 0 Å². The molecule has 2 aromatic heterocycles. The number of aromatic nitrogens is 4. The Hall–Kier alpha value is -2.58. The first-order valence-electron chi connectivity index (χ1n) is 8.10. The highest BCUT2D eigenvalue weighted by Gasteiger charge is 2.35. The van der Waals surface area contributed by atoms with E-state index in [-0.39, 0.29) is 24.6 Å². The van der Waals surface area contributed by atoms with E-state index in [9.17, 15) is 13.6 Å². The van der Waals surface area contributed by atoms with Gasteiger partial charge in [-0.15, -0.1) is 0 Å². The number of anilines is 1. The van der Waals surface area contributed by atoms with Crippen molar-refractivity contribution in [3.8, 4) is 5.95 Å². The molecule has 7 nitrogen and oxygen atoms in total. The number of aryl methyl sites for hydroxylation is 2. The topological polar surface area (TPSA) is 98.7 Å². The number of halogens is 2. The van der Waals surface area contributed by atoms with Crippen molar-refractivity contribution in [3.05, 3.63) is 29.2 Å². The predicted molar refractivity (Wildman–Crippen MR) is 88.0 cm³/mol. The third kappa shape index (κ3) is 3.92. The van der Waals surface area contributed by atoms with Gasteiger partial charge in [-0.25, -0.2) is 18.4 Å². The van der Waals surface area contributed by atoms with Crippen LogP contribution in [0.3, 0.4) is 0 Å². The monoisotopic (exact) mass is 350 g/mol. The summed E-state index contributed by atoms with van der Waals surface area (Å²) >= 11 is 0. The highest BCUT2D eigenvalue weighted by Crippen LogP contribution is 2.34. The number of hydrogen-bond donors (Lipinski definition) is 2. The lowest BCUT2D eigenvalue weighted by Gasteiger charge is -2.29. The molecule has 1 amide bonds. The molecule has 1 saturated carbocycles. The fourth-order valence-corrected chi connectivity index (χ4v) is 2.93. The Kier molecular flexibility index (Phi) is 4.40. The van der Waals surface area contributed by atoms with Gasteiger partial charge in [0.2, 0.25) is 5.92 Å². The number of alkyl halides is 2. The van der Waals surface area contributed by atoms with E-state index in [4.69, 9.17) is 5.73 Å². The summed E-state index contributed by atoms with van der Waals surface area (Å²) in [7, 11) is 0. The summed E-state index contributed by atoms with van der Waals surface area (Å²) in [5, 5.41) is 7.31. The Morgan fingerprint density at radius 3 is 2.60 bits per heavy atom. The summed E-state index contributed by atoms with van der Waals surface area (Å²) in [6.07, 6.45) is 2.15. The Morgan fingerprint density at radius 1 is 1.32 bits per heavy atom. The number of carbonyl (C=O) groups is 1. The molecule has 9 heteroatoms. The first-order chi connectivity index (χ1) is 11.7. The van der Waals surface area contributed by atoms with Gasteiger partial charge in [-0.2, -0.15) is 10.1 Å². The van der Waals surface area contributed by atoms with Crippen LogP contribution < -0.4 is 11.1 Å². The molecular formula is C16H20F2N6O. The maximum atomic E-state index is 13.3. The quantitative estimate of drug-likeness (QED) is 0.882. The molecule has 0 aromatic carbocycles. The molecule has 0 unspecified atom stereocenters. The van der Waals surface area contributed by atoms with Gasteiger partial charge in [0.05, 0.1) is 0 Å². The van der Waals surface area contributed by atoms with Crippen LogP contribution in [0.2, 0.25) is 0 Å². The number of primary amides is 1. The SMILES string of the molecule is Cc1cc(NC2CCC(F)(F)CC2)nc(-n2cc(C)c(C(N)=O)n2)n1. The molecule has 0 aliphatic heterocycles. The maximum Gasteiger partial charge on any atom is 0.269 e. The van der Waals surface area contributed by atoms with Crippen molar-refractivity contribution in [1.82, 2.24) is 19.7 Å². The van der Waals surface area contributed by atoms with Crippen molar-refractivity contribution in [3.63, 3.8) is 0 Å². The van der Waals surface area contributed by atoms with Gasteiger partial charge in [-0.1, -0.05) is 0 Å². The molecule has 0 atom stereocenters. The molecule has 3 rings (SSSR count). The number of nitrogens with two attached hydrogens (primary N) is 1. The molecule has 0 spiro atoms. The average molecular weight is 350 g/mol. The normalized spacial score (nSPS) is 17.4. The van der Waals surface area contributed by atoms with E-state index in [1.165, 1.54) is 4.68 Å². The Morgan fingerprint density at radius 2 is 2.00 bits per heavy atom. The Labute approximate surface area is 143 Å². The van der Waals surface area contributed by atoms with E-state index < -0.39 is 11.8 Å². The second-order valence-corrected chi connectivity index (χ2v) is 6.44. The van der Waals surface area contributed by atoms with Crippen LogP contribution in [0.15, 0.2) is 12.3 Å². The number of rotatable bonds is 4. The highest BCUT2D eigenvalue weighted by molar-refractivity contribution is 5.92. The van der Waals surface area contributed by atoms with E-state index in [0.717, 1.165) is 0 Å². The summed E-state index contributed by atoms with van der Waals surface area (Å²) < 4.78 is 27.9. The summed E-state index contributed by atoms with van der Waals surface area (Å²) in [5.74, 6) is -2.35. The van der Waals surface area contributed by atoms with Gasteiger partial charge in [0.25, 0.3) is 11.9 Å². The van der Waals surface area contributed by atoms with E-state index in [2.05, 4.69) is 20.4 Å². The number of hydrogen-bond acceptors (Lipinski definition) is 5. The fourth-order valence-electron chi connectivity index (χ4n) is 2.93. The lowest BCUT2D eigenvalue weighted by molar-refractivity contribution is -0.0361. The largest absolute Gasteiger partial charge is 0.367 e. The van der Waals surface area contributed by atoms with Gasteiger partial charge in [0.15, 0.2) is 5.69 Å². The first-order valence-corrected chi connectivity index (χ1v) is 8.10. The van der Waals surface area contributed by atoms with Crippen LogP contribution >= 0.6 is 0 Å². The number of amides is 1. The van der Waals surface area contributed by atoms with Crippen LogP contribution in [0.4, 0.5) is 14.6 Å². The second-order valence-electron chi connectivity index (χ2n) is 6.44. The number of carbonyl (C=O) groups excluding carboxylic acids is 1. The minimum atomic E-state index is -2.57. The lowest BCUT2D eigenvalue weighted by atomic mass is 9.92. The van der Waals surface area contributed by atoms with Crippen LogP contribution in [-0.4, -0.2) is 37.6 Å². The van der Waals surface area contributed by atoms with Gasteiger partial charge in [-0.3, -0.25) is 4.79 Å². The molecule has 25 heavy (non-hydrogen) atoms. The maximum absolute atomic E-state index is 13.3. The zero-order valence-electron chi connectivity index (χ0n) is 14.1. The van der Waals surface area contributed by atoms with E-state index in [1.807, 2.05) is 0 Å². The average Bonchev–Trinajstić information content (AvgIpc) is 2.91. The molecule has 1 aliphatic rings. The minimum Gasteiger partial charge on any atom is -0.367 e. The predicted octanol–water partition coefficient (Wildman–Crippen LogP) is 2.37. The van der Waals surface area contributed by atoms with Gasteiger partial charge in [0, 0.05) is 42.4 Å². The molecule has 1 fully saturated rings. The van der Waals surface area contributed by atoms with Crippen molar-refractivity contribution >= 4 is 11.7 Å². The third-order valence-corrected chi connectivity index (χ3v) is 4.25. The third-order valence-electron chi connectivity index (χ3n) is 4.25. The van der Waals surface area contributed by atoms with Crippen molar-refractivity contribution < 1.29 is 13.6 Å². The molecule has 1 aliphatic carbocycles. The van der Waals surface area contributed by atoms with Gasteiger partial charge in [-0.05, 0) is 26.7 Å². The summed E-state index contributed by atoms with van der Waals surface area (Å²) in [6, 6.07) is 1.70. The van der Waals surface area contributed by atoms with Crippen LogP contribution in [0.1, 0.15) is 47.4 Å². The molecule has 0 saturated heterocycles. The Balaban J connectivity index is 1.81. The minimum absolute atomic E-state index is 0.0534. The smallest absolute Gasteiger partial charge is 0.269 e. The Bertz CT molecular complexity index is 794. The van der Waals surface area contributed by atoms with Crippen molar-refractivity contribution in [2.45, 2.75) is 51.5 Å². The summed E-state index contributed by atoms with van der Waals surface area (Å²) in [5.41, 5.74) is 6.77. The molecular weight excluding hydrogens is 330 g/mol. The second kappa shape index (κ2) is 6.38. The van der Waals surface area contributed by atoms with Gasteiger partial charge in [0.1, 0.15) is 5.82 Å².